The Bertz CT molecular complexity index is 542. The van der Waals surface area contributed by atoms with Crippen LogP contribution in [0.1, 0.15) is 13.8 Å². The summed E-state index contributed by atoms with van der Waals surface area (Å²) in [6.45, 7) is 3.42. The van der Waals surface area contributed by atoms with E-state index in [1.54, 1.807) is 30.9 Å². The van der Waals surface area contributed by atoms with Gasteiger partial charge in [-0.2, -0.15) is 4.98 Å². The molecule has 1 aliphatic heterocycles. The lowest BCUT2D eigenvalue weighted by molar-refractivity contribution is -0.135. The van der Waals surface area contributed by atoms with Gasteiger partial charge in [0.15, 0.2) is 5.82 Å². The van der Waals surface area contributed by atoms with Crippen molar-refractivity contribution in [2.75, 3.05) is 24.3 Å². The number of methoxy groups -OCH3 is 1. The van der Waals surface area contributed by atoms with Gasteiger partial charge in [-0.25, -0.2) is 0 Å². The third-order valence-corrected chi connectivity index (χ3v) is 3.13. The zero-order valence-electron chi connectivity index (χ0n) is 11.1. The molecule has 19 heavy (non-hydrogen) atoms. The molecule has 7 heteroatoms. The number of imide groups is 1. The molecular weight excluding hydrogens is 248 g/mol. The topological polar surface area (TPSA) is 97.5 Å². The van der Waals surface area contributed by atoms with Crippen LogP contribution in [-0.4, -0.2) is 36.0 Å². The summed E-state index contributed by atoms with van der Waals surface area (Å²) >= 11 is 0. The summed E-state index contributed by atoms with van der Waals surface area (Å²) in [7, 11) is 1.49. The highest BCUT2D eigenvalue weighted by molar-refractivity contribution is 6.07. The molecule has 1 aromatic rings. The van der Waals surface area contributed by atoms with Crippen molar-refractivity contribution in [3.63, 3.8) is 0 Å². The number of nitrogens with zero attached hydrogens (tertiary/aromatic N) is 2. The van der Waals surface area contributed by atoms with Crippen LogP contribution in [0.4, 0.5) is 11.5 Å². The van der Waals surface area contributed by atoms with Crippen molar-refractivity contribution in [3.8, 4) is 5.88 Å². The summed E-state index contributed by atoms with van der Waals surface area (Å²) in [6, 6.07) is 3.26. The van der Waals surface area contributed by atoms with Crippen molar-refractivity contribution in [2.45, 2.75) is 19.4 Å². The van der Waals surface area contributed by atoms with Crippen LogP contribution in [0, 0.1) is 0 Å². The van der Waals surface area contributed by atoms with Gasteiger partial charge >= 0.3 is 0 Å². The van der Waals surface area contributed by atoms with Gasteiger partial charge in [0.05, 0.1) is 19.3 Å². The number of nitrogens with two attached hydrogens (primary N) is 1. The van der Waals surface area contributed by atoms with Crippen molar-refractivity contribution in [1.82, 2.24) is 10.3 Å². The van der Waals surface area contributed by atoms with E-state index in [1.165, 1.54) is 7.11 Å². The number of nitrogen functional groups attached to an aromatic ring is 1. The summed E-state index contributed by atoms with van der Waals surface area (Å²) in [5.74, 6) is -0.0212. The van der Waals surface area contributed by atoms with Gasteiger partial charge in [-0.1, -0.05) is 0 Å². The van der Waals surface area contributed by atoms with Crippen LogP contribution < -0.4 is 20.7 Å². The number of carbonyl (C=O) groups excluding carboxylic acids is 2. The Kier molecular flexibility index (Phi) is 3.05. The number of hydrogen-bond donors (Lipinski definition) is 2. The fourth-order valence-electron chi connectivity index (χ4n) is 1.89. The summed E-state index contributed by atoms with van der Waals surface area (Å²) < 4.78 is 5.04. The number of nitrogens with one attached hydrogen (secondary N) is 1. The summed E-state index contributed by atoms with van der Waals surface area (Å²) in [5, 5.41) is 2.30. The summed E-state index contributed by atoms with van der Waals surface area (Å²) in [6.07, 6.45) is 0. The molecular formula is C12H16N4O3. The molecule has 1 saturated heterocycles. The molecule has 0 spiro atoms. The molecule has 2 heterocycles. The molecule has 0 unspecified atom stereocenters. The number of amides is 2. The van der Waals surface area contributed by atoms with Crippen molar-refractivity contribution in [3.05, 3.63) is 12.1 Å². The fourth-order valence-corrected chi connectivity index (χ4v) is 1.89. The normalized spacial score (nSPS) is 18.2. The van der Waals surface area contributed by atoms with Gasteiger partial charge in [-0.05, 0) is 19.9 Å². The molecule has 1 fully saturated rings. The maximum atomic E-state index is 11.9. The maximum absolute atomic E-state index is 11.9. The Morgan fingerprint density at radius 1 is 1.42 bits per heavy atom. The predicted molar refractivity (Wildman–Crippen MR) is 69.8 cm³/mol. The Labute approximate surface area is 110 Å². The van der Waals surface area contributed by atoms with E-state index in [1.807, 2.05) is 0 Å². The second-order valence-electron chi connectivity index (χ2n) is 4.79. The number of pyridine rings is 1. The summed E-state index contributed by atoms with van der Waals surface area (Å²) in [5.41, 5.74) is 5.35. The van der Waals surface area contributed by atoms with E-state index in [2.05, 4.69) is 10.3 Å². The number of piperazine rings is 1. The number of aromatic nitrogens is 1. The molecule has 0 aromatic carbocycles. The zero-order valence-corrected chi connectivity index (χ0v) is 11.1. The first kappa shape index (κ1) is 13.1. The highest BCUT2D eigenvalue weighted by Gasteiger charge is 2.42. The Morgan fingerprint density at radius 2 is 2.11 bits per heavy atom. The smallest absolute Gasteiger partial charge is 0.251 e. The van der Waals surface area contributed by atoms with Crippen LogP contribution in [0.3, 0.4) is 0 Å². The first-order valence-corrected chi connectivity index (χ1v) is 5.78. The quantitative estimate of drug-likeness (QED) is 0.725. The van der Waals surface area contributed by atoms with Crippen LogP contribution in [0.25, 0.3) is 0 Å². The van der Waals surface area contributed by atoms with Crippen LogP contribution in [0.2, 0.25) is 0 Å². The van der Waals surface area contributed by atoms with Gasteiger partial charge in [0.25, 0.3) is 5.91 Å². The highest BCUT2D eigenvalue weighted by Crippen LogP contribution is 2.30. The van der Waals surface area contributed by atoms with Gasteiger partial charge in [-0.15, -0.1) is 0 Å². The van der Waals surface area contributed by atoms with Crippen molar-refractivity contribution < 1.29 is 14.3 Å². The van der Waals surface area contributed by atoms with E-state index >= 15 is 0 Å². The Hall–Kier alpha value is -2.31. The van der Waals surface area contributed by atoms with E-state index in [0.29, 0.717) is 17.4 Å². The monoisotopic (exact) mass is 264 g/mol. The van der Waals surface area contributed by atoms with Crippen molar-refractivity contribution in [2.24, 2.45) is 0 Å². The van der Waals surface area contributed by atoms with Gasteiger partial charge in [-0.3, -0.25) is 14.9 Å². The number of hydrogen-bond acceptors (Lipinski definition) is 6. The zero-order chi connectivity index (χ0) is 14.2. The summed E-state index contributed by atoms with van der Waals surface area (Å²) in [4.78, 5) is 29.2. The van der Waals surface area contributed by atoms with Crippen LogP contribution in [0.15, 0.2) is 12.1 Å². The van der Waals surface area contributed by atoms with E-state index < -0.39 is 5.54 Å². The van der Waals surface area contributed by atoms with Gasteiger partial charge < -0.3 is 15.4 Å². The molecule has 7 nitrogen and oxygen atoms in total. The molecule has 1 aromatic heterocycles. The van der Waals surface area contributed by atoms with E-state index in [-0.39, 0.29) is 18.4 Å². The molecule has 2 amide bonds. The second kappa shape index (κ2) is 4.42. The molecule has 0 saturated carbocycles. The minimum atomic E-state index is -0.915. The molecule has 102 valence electrons. The second-order valence-corrected chi connectivity index (χ2v) is 4.79. The fraction of sp³-hybridized carbons (Fsp3) is 0.417. The van der Waals surface area contributed by atoms with E-state index in [9.17, 15) is 9.59 Å². The number of carbonyl (C=O) groups is 2. The average molecular weight is 264 g/mol. The van der Waals surface area contributed by atoms with Crippen LogP contribution in [0.5, 0.6) is 5.88 Å². The standard InChI is InChI=1S/C12H16N4O3/c1-12(2)11(18)14-8(17)6-16(12)10-7(13)4-5-9(15-10)19-3/h4-5H,6,13H2,1-3H3,(H,14,17,18). The van der Waals surface area contributed by atoms with E-state index in [4.69, 9.17) is 10.5 Å². The molecule has 0 radical (unpaired) electrons. The van der Waals surface area contributed by atoms with Crippen molar-refractivity contribution in [1.29, 1.82) is 0 Å². The molecule has 0 bridgehead atoms. The minimum absolute atomic E-state index is 0.0170. The first-order chi connectivity index (χ1) is 8.86. The number of rotatable bonds is 2. The number of anilines is 2. The first-order valence-electron chi connectivity index (χ1n) is 5.78. The van der Waals surface area contributed by atoms with Crippen LogP contribution >= 0.6 is 0 Å². The molecule has 0 aliphatic carbocycles. The van der Waals surface area contributed by atoms with Crippen molar-refractivity contribution >= 4 is 23.3 Å². The Morgan fingerprint density at radius 3 is 2.74 bits per heavy atom. The van der Waals surface area contributed by atoms with Gasteiger partial charge in [0, 0.05) is 6.07 Å². The SMILES string of the molecule is COc1ccc(N)c(N2CC(=O)NC(=O)C2(C)C)n1. The van der Waals surface area contributed by atoms with E-state index in [0.717, 1.165) is 0 Å². The number of ether oxygens (including phenoxy) is 1. The maximum Gasteiger partial charge on any atom is 0.251 e. The highest BCUT2D eigenvalue weighted by atomic mass is 16.5. The Balaban J connectivity index is 2.49. The molecule has 2 rings (SSSR count). The lowest BCUT2D eigenvalue weighted by Crippen LogP contribution is -2.64. The third-order valence-electron chi connectivity index (χ3n) is 3.13. The molecule has 0 atom stereocenters. The minimum Gasteiger partial charge on any atom is -0.481 e. The largest absolute Gasteiger partial charge is 0.481 e. The predicted octanol–water partition coefficient (Wildman–Crippen LogP) is -0.0862. The van der Waals surface area contributed by atoms with Gasteiger partial charge in [0.2, 0.25) is 11.8 Å². The lowest BCUT2D eigenvalue weighted by Gasteiger charge is -2.41. The molecule has 3 N–H and O–H groups in total. The van der Waals surface area contributed by atoms with Crippen LogP contribution in [-0.2, 0) is 9.59 Å². The van der Waals surface area contributed by atoms with Gasteiger partial charge in [0.1, 0.15) is 5.54 Å². The molecule has 1 aliphatic rings. The third kappa shape index (κ3) is 2.18. The average Bonchev–Trinajstić information content (AvgIpc) is 2.35. The lowest BCUT2D eigenvalue weighted by atomic mass is 9.98.